The van der Waals surface area contributed by atoms with Gasteiger partial charge in [0.1, 0.15) is 0 Å². The second-order valence-corrected chi connectivity index (χ2v) is 4.34. The van der Waals surface area contributed by atoms with Gasteiger partial charge in [-0.2, -0.15) is 0 Å². The van der Waals surface area contributed by atoms with Crippen LogP contribution in [0, 0.1) is 0 Å². The molecule has 3 nitrogen and oxygen atoms in total. The highest BCUT2D eigenvalue weighted by Gasteiger charge is 2.12. The number of carbonyl (C=O) groups is 1. The normalized spacial score (nSPS) is 10.2. The topological polar surface area (TPSA) is 29.5 Å². The summed E-state index contributed by atoms with van der Waals surface area (Å²) in [4.78, 5) is 17.4. The van der Waals surface area contributed by atoms with Crippen molar-refractivity contribution < 1.29 is 9.63 Å². The van der Waals surface area contributed by atoms with E-state index in [2.05, 4.69) is 6.58 Å². The Bertz CT molecular complexity index is 552. The molecule has 0 aromatic heterocycles. The molecule has 0 radical (unpaired) electrons. The lowest BCUT2D eigenvalue weighted by Crippen LogP contribution is -2.27. The molecule has 0 heterocycles. The summed E-state index contributed by atoms with van der Waals surface area (Å²) in [5, 5.41) is 1.59. The molecule has 0 spiro atoms. The molecule has 0 saturated carbocycles. The average molecular weight is 267 g/mol. The van der Waals surface area contributed by atoms with Crippen molar-refractivity contribution in [2.75, 3.05) is 6.54 Å². The number of hydrogen-bond donors (Lipinski definition) is 0. The summed E-state index contributed by atoms with van der Waals surface area (Å²) in [6, 6.07) is 18.8. The van der Waals surface area contributed by atoms with Crippen LogP contribution in [-0.2, 0) is 11.4 Å². The molecule has 0 aliphatic rings. The van der Waals surface area contributed by atoms with E-state index in [1.165, 1.54) is 0 Å². The first-order valence-corrected chi connectivity index (χ1v) is 6.46. The van der Waals surface area contributed by atoms with E-state index in [0.717, 1.165) is 5.56 Å². The van der Waals surface area contributed by atoms with Crippen molar-refractivity contribution in [3.63, 3.8) is 0 Å². The Hall–Kier alpha value is -2.39. The third-order valence-electron chi connectivity index (χ3n) is 2.76. The molecule has 20 heavy (non-hydrogen) atoms. The maximum Gasteiger partial charge on any atom is 0.357 e. The van der Waals surface area contributed by atoms with Crippen LogP contribution in [0.25, 0.3) is 0 Å². The summed E-state index contributed by atoms with van der Waals surface area (Å²) in [6.45, 7) is 4.70. The maximum absolute atomic E-state index is 12.0. The van der Waals surface area contributed by atoms with Gasteiger partial charge in [-0.3, -0.25) is 0 Å². The number of hydroxylamine groups is 2. The minimum Gasteiger partial charge on any atom is -0.363 e. The van der Waals surface area contributed by atoms with Crippen molar-refractivity contribution in [3.05, 3.63) is 84.4 Å². The monoisotopic (exact) mass is 267 g/mol. The Labute approximate surface area is 119 Å². The lowest BCUT2D eigenvalue weighted by molar-refractivity contribution is -0.108. The van der Waals surface area contributed by atoms with Gasteiger partial charge < -0.3 is 4.84 Å². The molecule has 0 bridgehead atoms. The quantitative estimate of drug-likeness (QED) is 0.593. The van der Waals surface area contributed by atoms with Crippen molar-refractivity contribution in [1.82, 2.24) is 5.06 Å². The summed E-state index contributed by atoms with van der Waals surface area (Å²) in [5.74, 6) is -0.358. The fraction of sp³-hybridized carbons (Fsp3) is 0.118. The molecule has 0 amide bonds. The molecule has 0 saturated heterocycles. The average Bonchev–Trinajstić information content (AvgIpc) is 2.49. The van der Waals surface area contributed by atoms with E-state index in [0.29, 0.717) is 18.7 Å². The lowest BCUT2D eigenvalue weighted by Gasteiger charge is -2.19. The number of carbonyl (C=O) groups excluding carboxylic acids is 1. The van der Waals surface area contributed by atoms with Crippen LogP contribution in [-0.4, -0.2) is 17.6 Å². The van der Waals surface area contributed by atoms with E-state index in [9.17, 15) is 4.79 Å². The Kier molecular flexibility index (Phi) is 5.09. The summed E-state index contributed by atoms with van der Waals surface area (Å²) in [7, 11) is 0. The standard InChI is InChI=1S/C17H17NO2/c1-2-13-18(14-15-9-5-3-6-10-15)20-17(19)16-11-7-4-8-12-16/h2-12H,1,13-14H2. The van der Waals surface area contributed by atoms with E-state index in [1.807, 2.05) is 48.5 Å². The fourth-order valence-corrected chi connectivity index (χ4v) is 1.81. The summed E-state index contributed by atoms with van der Waals surface area (Å²) in [5.41, 5.74) is 1.62. The SMILES string of the molecule is C=CCN(Cc1ccccc1)OC(=O)c1ccccc1. The highest BCUT2D eigenvalue weighted by atomic mass is 16.7. The molecule has 0 unspecified atom stereocenters. The van der Waals surface area contributed by atoms with Crippen molar-refractivity contribution in [3.8, 4) is 0 Å². The maximum atomic E-state index is 12.0. The Morgan fingerprint density at radius 1 is 1.05 bits per heavy atom. The van der Waals surface area contributed by atoms with Crippen molar-refractivity contribution in [2.24, 2.45) is 0 Å². The minimum absolute atomic E-state index is 0.358. The Morgan fingerprint density at radius 3 is 2.25 bits per heavy atom. The van der Waals surface area contributed by atoms with E-state index in [1.54, 1.807) is 23.3 Å². The highest BCUT2D eigenvalue weighted by Crippen LogP contribution is 2.08. The zero-order chi connectivity index (χ0) is 14.2. The van der Waals surface area contributed by atoms with Gasteiger partial charge in [0, 0.05) is 0 Å². The molecule has 2 aromatic carbocycles. The number of rotatable bonds is 6. The second-order valence-electron chi connectivity index (χ2n) is 4.34. The van der Waals surface area contributed by atoms with Gasteiger partial charge in [-0.15, -0.1) is 11.6 Å². The van der Waals surface area contributed by atoms with Crippen LogP contribution >= 0.6 is 0 Å². The van der Waals surface area contributed by atoms with Gasteiger partial charge in [-0.1, -0.05) is 54.6 Å². The van der Waals surface area contributed by atoms with Crippen LogP contribution in [0.3, 0.4) is 0 Å². The summed E-state index contributed by atoms with van der Waals surface area (Å²) >= 11 is 0. The fourth-order valence-electron chi connectivity index (χ4n) is 1.81. The zero-order valence-electron chi connectivity index (χ0n) is 11.2. The molecule has 3 heteroatoms. The van der Waals surface area contributed by atoms with Gasteiger partial charge in [-0.25, -0.2) is 4.79 Å². The summed E-state index contributed by atoms with van der Waals surface area (Å²) < 4.78 is 0. The Balaban J connectivity index is 2.02. The molecule has 0 aliphatic heterocycles. The number of nitrogens with zero attached hydrogens (tertiary/aromatic N) is 1. The summed E-state index contributed by atoms with van der Waals surface area (Å²) in [6.07, 6.45) is 1.71. The molecule has 2 rings (SSSR count). The lowest BCUT2D eigenvalue weighted by atomic mass is 10.2. The van der Waals surface area contributed by atoms with Crippen molar-refractivity contribution in [1.29, 1.82) is 0 Å². The van der Waals surface area contributed by atoms with Gasteiger partial charge in [0.2, 0.25) is 0 Å². The first-order chi connectivity index (χ1) is 9.79. The van der Waals surface area contributed by atoms with Gasteiger partial charge in [0.05, 0.1) is 18.7 Å². The third kappa shape index (κ3) is 4.07. The molecule has 0 fully saturated rings. The highest BCUT2D eigenvalue weighted by molar-refractivity contribution is 5.89. The largest absolute Gasteiger partial charge is 0.363 e. The molecular formula is C17H17NO2. The zero-order valence-corrected chi connectivity index (χ0v) is 11.2. The predicted octanol–water partition coefficient (Wildman–Crippen LogP) is 3.45. The molecular weight excluding hydrogens is 250 g/mol. The molecule has 2 aromatic rings. The number of hydrogen-bond acceptors (Lipinski definition) is 3. The van der Waals surface area contributed by atoms with E-state index in [4.69, 9.17) is 4.84 Å². The smallest absolute Gasteiger partial charge is 0.357 e. The Morgan fingerprint density at radius 2 is 1.65 bits per heavy atom. The first kappa shape index (κ1) is 14.0. The van der Waals surface area contributed by atoms with Crippen LogP contribution in [0.1, 0.15) is 15.9 Å². The minimum atomic E-state index is -0.358. The van der Waals surface area contributed by atoms with Crippen LogP contribution in [0.2, 0.25) is 0 Å². The first-order valence-electron chi connectivity index (χ1n) is 6.46. The predicted molar refractivity (Wildman–Crippen MR) is 78.9 cm³/mol. The number of benzene rings is 2. The van der Waals surface area contributed by atoms with Crippen LogP contribution in [0.15, 0.2) is 73.3 Å². The molecule has 0 aliphatic carbocycles. The van der Waals surface area contributed by atoms with Gasteiger partial charge in [0.15, 0.2) is 0 Å². The van der Waals surface area contributed by atoms with E-state index >= 15 is 0 Å². The van der Waals surface area contributed by atoms with Crippen LogP contribution in [0.5, 0.6) is 0 Å². The van der Waals surface area contributed by atoms with Crippen molar-refractivity contribution in [2.45, 2.75) is 6.54 Å². The van der Waals surface area contributed by atoms with Gasteiger partial charge in [0.25, 0.3) is 0 Å². The third-order valence-corrected chi connectivity index (χ3v) is 2.76. The van der Waals surface area contributed by atoms with Crippen molar-refractivity contribution >= 4 is 5.97 Å². The molecule has 0 atom stereocenters. The van der Waals surface area contributed by atoms with E-state index in [-0.39, 0.29) is 5.97 Å². The molecule has 102 valence electrons. The second kappa shape index (κ2) is 7.26. The van der Waals surface area contributed by atoms with Crippen LogP contribution < -0.4 is 0 Å². The van der Waals surface area contributed by atoms with Gasteiger partial charge in [-0.05, 0) is 17.7 Å². The van der Waals surface area contributed by atoms with Crippen LogP contribution in [0.4, 0.5) is 0 Å². The van der Waals surface area contributed by atoms with E-state index < -0.39 is 0 Å². The molecule has 0 N–H and O–H groups in total. The van der Waals surface area contributed by atoms with Gasteiger partial charge >= 0.3 is 5.97 Å².